The molecule has 1 fully saturated rings. The predicted octanol–water partition coefficient (Wildman–Crippen LogP) is 3.66. The second-order valence-electron chi connectivity index (χ2n) is 7.32. The standard InChI is InChI=1S/C22H22FN3O2/c23-15-4-1-3-13(9-15)14-7-8-18-19(10-14)21(24)25-12-20(18)22(28)26-16-5-2-6-17(27)11-16/h1,3-4,7-10,12,16-17,27H,2,5-6,11H2,(H2,24,25)(H,26,28)/t16?,17-/m1/s1. The first kappa shape index (κ1) is 18.4. The zero-order chi connectivity index (χ0) is 19.7. The summed E-state index contributed by atoms with van der Waals surface area (Å²) in [4.78, 5) is 17.0. The Morgan fingerprint density at radius 1 is 1.14 bits per heavy atom. The summed E-state index contributed by atoms with van der Waals surface area (Å²) >= 11 is 0. The number of nitrogens with zero attached hydrogens (tertiary/aromatic N) is 1. The Morgan fingerprint density at radius 3 is 2.75 bits per heavy atom. The van der Waals surface area contributed by atoms with Crippen LogP contribution in [0.3, 0.4) is 0 Å². The number of halogens is 1. The van der Waals surface area contributed by atoms with Crippen molar-refractivity contribution >= 4 is 22.5 Å². The lowest BCUT2D eigenvalue weighted by molar-refractivity contribution is 0.0851. The fourth-order valence-electron chi connectivity index (χ4n) is 3.85. The number of rotatable bonds is 3. The van der Waals surface area contributed by atoms with Crippen molar-refractivity contribution in [1.82, 2.24) is 10.3 Å². The number of aliphatic hydroxyl groups excluding tert-OH is 1. The van der Waals surface area contributed by atoms with E-state index in [2.05, 4.69) is 10.3 Å². The quantitative estimate of drug-likeness (QED) is 0.648. The third-order valence-electron chi connectivity index (χ3n) is 5.30. The summed E-state index contributed by atoms with van der Waals surface area (Å²) in [7, 11) is 0. The van der Waals surface area contributed by atoms with E-state index >= 15 is 0 Å². The van der Waals surface area contributed by atoms with Crippen LogP contribution < -0.4 is 11.1 Å². The molecule has 4 N–H and O–H groups in total. The number of amides is 1. The van der Waals surface area contributed by atoms with Crippen LogP contribution in [-0.4, -0.2) is 28.1 Å². The molecule has 1 aromatic heterocycles. The number of aliphatic hydroxyl groups is 1. The monoisotopic (exact) mass is 379 g/mol. The van der Waals surface area contributed by atoms with Crippen LogP contribution in [0.2, 0.25) is 0 Å². The minimum absolute atomic E-state index is 0.0459. The van der Waals surface area contributed by atoms with E-state index in [9.17, 15) is 14.3 Å². The van der Waals surface area contributed by atoms with E-state index in [-0.39, 0.29) is 23.9 Å². The summed E-state index contributed by atoms with van der Waals surface area (Å²) < 4.78 is 13.6. The molecule has 0 spiro atoms. The minimum atomic E-state index is -0.367. The van der Waals surface area contributed by atoms with Crippen LogP contribution in [0.25, 0.3) is 21.9 Å². The highest BCUT2D eigenvalue weighted by Gasteiger charge is 2.23. The molecule has 0 bridgehead atoms. The van der Waals surface area contributed by atoms with Gasteiger partial charge in [-0.2, -0.15) is 0 Å². The largest absolute Gasteiger partial charge is 0.393 e. The molecule has 1 aliphatic carbocycles. The smallest absolute Gasteiger partial charge is 0.253 e. The van der Waals surface area contributed by atoms with Crippen molar-refractivity contribution in [3.8, 4) is 11.1 Å². The predicted molar refractivity (Wildman–Crippen MR) is 107 cm³/mol. The van der Waals surface area contributed by atoms with E-state index in [1.807, 2.05) is 24.3 Å². The molecule has 0 saturated heterocycles. The molecule has 3 aromatic rings. The first-order valence-corrected chi connectivity index (χ1v) is 9.44. The molecule has 0 aliphatic heterocycles. The molecule has 1 saturated carbocycles. The lowest BCUT2D eigenvalue weighted by Crippen LogP contribution is -2.39. The number of benzene rings is 2. The summed E-state index contributed by atoms with van der Waals surface area (Å²) in [5.41, 5.74) is 8.02. The first-order chi connectivity index (χ1) is 13.5. The van der Waals surface area contributed by atoms with Crippen LogP contribution >= 0.6 is 0 Å². The van der Waals surface area contributed by atoms with Gasteiger partial charge in [-0.25, -0.2) is 9.37 Å². The zero-order valence-corrected chi connectivity index (χ0v) is 15.4. The van der Waals surface area contributed by atoms with Gasteiger partial charge in [-0.15, -0.1) is 0 Å². The van der Waals surface area contributed by atoms with Crippen molar-refractivity contribution in [2.75, 3.05) is 5.73 Å². The van der Waals surface area contributed by atoms with Crippen molar-refractivity contribution < 1.29 is 14.3 Å². The molecule has 2 aromatic carbocycles. The number of nitrogens with two attached hydrogens (primary N) is 1. The molecule has 0 radical (unpaired) electrons. The van der Waals surface area contributed by atoms with Gasteiger partial charge in [0, 0.05) is 17.6 Å². The molecule has 6 heteroatoms. The molecule has 5 nitrogen and oxygen atoms in total. The Balaban J connectivity index is 1.68. The number of fused-ring (bicyclic) bond motifs is 1. The maximum atomic E-state index is 13.6. The fraction of sp³-hybridized carbons (Fsp3) is 0.273. The van der Waals surface area contributed by atoms with Crippen molar-refractivity contribution in [2.45, 2.75) is 37.8 Å². The van der Waals surface area contributed by atoms with Crippen molar-refractivity contribution in [1.29, 1.82) is 0 Å². The van der Waals surface area contributed by atoms with Crippen LogP contribution in [0.1, 0.15) is 36.0 Å². The molecule has 28 heavy (non-hydrogen) atoms. The average molecular weight is 379 g/mol. The number of carbonyl (C=O) groups is 1. The molecular formula is C22H22FN3O2. The highest BCUT2D eigenvalue weighted by Crippen LogP contribution is 2.29. The van der Waals surface area contributed by atoms with Gasteiger partial charge in [0.1, 0.15) is 11.6 Å². The van der Waals surface area contributed by atoms with Gasteiger partial charge in [0.25, 0.3) is 5.91 Å². The SMILES string of the molecule is Nc1ncc(C(=O)NC2CCC[C@@H](O)C2)c2ccc(-c3cccc(F)c3)cc12. The Kier molecular flexibility index (Phi) is 4.96. The molecule has 1 heterocycles. The molecule has 1 unspecified atom stereocenters. The maximum absolute atomic E-state index is 13.6. The lowest BCUT2D eigenvalue weighted by atomic mass is 9.92. The second-order valence-corrected chi connectivity index (χ2v) is 7.32. The van der Waals surface area contributed by atoms with Gasteiger partial charge in [-0.1, -0.05) is 24.3 Å². The van der Waals surface area contributed by atoms with Crippen LogP contribution in [0.15, 0.2) is 48.7 Å². The second kappa shape index (κ2) is 7.56. The Labute approximate surface area is 162 Å². The van der Waals surface area contributed by atoms with Crippen LogP contribution in [0, 0.1) is 5.82 Å². The van der Waals surface area contributed by atoms with Gasteiger partial charge in [0.2, 0.25) is 0 Å². The topological polar surface area (TPSA) is 88.2 Å². The van der Waals surface area contributed by atoms with E-state index in [4.69, 9.17) is 5.73 Å². The summed E-state index contributed by atoms with van der Waals surface area (Å²) in [6, 6.07) is 11.8. The first-order valence-electron chi connectivity index (χ1n) is 9.44. The molecule has 2 atom stereocenters. The summed E-state index contributed by atoms with van der Waals surface area (Å²) in [6.45, 7) is 0. The lowest BCUT2D eigenvalue weighted by Gasteiger charge is -2.26. The van der Waals surface area contributed by atoms with Gasteiger partial charge < -0.3 is 16.2 Å². The fourth-order valence-corrected chi connectivity index (χ4v) is 3.85. The molecule has 144 valence electrons. The number of pyridine rings is 1. The van der Waals surface area contributed by atoms with Crippen LogP contribution in [-0.2, 0) is 0 Å². The number of nitrogens with one attached hydrogen (secondary N) is 1. The number of hydrogen-bond donors (Lipinski definition) is 3. The molecule has 1 aliphatic rings. The number of nitrogen functional groups attached to an aromatic ring is 1. The molecular weight excluding hydrogens is 357 g/mol. The van der Waals surface area contributed by atoms with E-state index in [1.165, 1.54) is 18.3 Å². The van der Waals surface area contributed by atoms with Crippen LogP contribution in [0.4, 0.5) is 10.2 Å². The van der Waals surface area contributed by atoms with Gasteiger partial charge >= 0.3 is 0 Å². The summed E-state index contributed by atoms with van der Waals surface area (Å²) in [6.07, 6.45) is 4.21. The number of hydrogen-bond acceptors (Lipinski definition) is 4. The van der Waals surface area contributed by atoms with Crippen LogP contribution in [0.5, 0.6) is 0 Å². The summed E-state index contributed by atoms with van der Waals surface area (Å²) in [5, 5.41) is 14.2. The van der Waals surface area contributed by atoms with E-state index in [1.54, 1.807) is 6.07 Å². The third-order valence-corrected chi connectivity index (χ3v) is 5.30. The maximum Gasteiger partial charge on any atom is 0.253 e. The van der Waals surface area contributed by atoms with Crippen molar-refractivity contribution in [2.24, 2.45) is 0 Å². The van der Waals surface area contributed by atoms with E-state index in [0.717, 1.165) is 30.4 Å². The van der Waals surface area contributed by atoms with Gasteiger partial charge in [0.15, 0.2) is 0 Å². The van der Waals surface area contributed by atoms with E-state index in [0.29, 0.717) is 28.6 Å². The Hall–Kier alpha value is -2.99. The highest BCUT2D eigenvalue weighted by atomic mass is 19.1. The molecule has 1 amide bonds. The summed E-state index contributed by atoms with van der Waals surface area (Å²) in [5.74, 6) is -0.223. The molecule has 4 rings (SSSR count). The van der Waals surface area contributed by atoms with Gasteiger partial charge in [-0.05, 0) is 60.4 Å². The normalized spacial score (nSPS) is 19.5. The number of aromatic nitrogens is 1. The number of carbonyl (C=O) groups excluding carboxylic acids is 1. The van der Waals surface area contributed by atoms with Crippen molar-refractivity contribution in [3.63, 3.8) is 0 Å². The number of anilines is 1. The minimum Gasteiger partial charge on any atom is -0.393 e. The Bertz CT molecular complexity index is 1040. The van der Waals surface area contributed by atoms with Crippen molar-refractivity contribution in [3.05, 3.63) is 60.0 Å². The van der Waals surface area contributed by atoms with E-state index < -0.39 is 0 Å². The average Bonchev–Trinajstić information content (AvgIpc) is 2.68. The third kappa shape index (κ3) is 3.68. The van der Waals surface area contributed by atoms with Gasteiger partial charge in [0.05, 0.1) is 11.7 Å². The zero-order valence-electron chi connectivity index (χ0n) is 15.4. The van der Waals surface area contributed by atoms with Gasteiger partial charge in [-0.3, -0.25) is 4.79 Å². The highest BCUT2D eigenvalue weighted by molar-refractivity contribution is 6.09. The Morgan fingerprint density at radius 2 is 1.96 bits per heavy atom.